The Bertz CT molecular complexity index is 520. The van der Waals surface area contributed by atoms with E-state index in [1.54, 1.807) is 19.1 Å². The molecule has 1 fully saturated rings. The van der Waals surface area contributed by atoms with Crippen LogP contribution in [-0.2, 0) is 4.79 Å². The molecule has 102 valence electrons. The average Bonchev–Trinajstić information content (AvgIpc) is 2.41. The molecule has 0 aliphatic carbocycles. The summed E-state index contributed by atoms with van der Waals surface area (Å²) in [7, 11) is 0. The van der Waals surface area contributed by atoms with E-state index in [9.17, 15) is 9.59 Å². The molecule has 2 amide bonds. The van der Waals surface area contributed by atoms with Crippen molar-refractivity contribution >= 4 is 29.1 Å². The number of hydrazine groups is 1. The molecule has 0 radical (unpaired) electrons. The van der Waals surface area contributed by atoms with Crippen LogP contribution in [0, 0.1) is 0 Å². The molecule has 6 nitrogen and oxygen atoms in total. The monoisotopic (exact) mass is 282 g/mol. The van der Waals surface area contributed by atoms with Gasteiger partial charge in [0.15, 0.2) is 0 Å². The zero-order valence-corrected chi connectivity index (χ0v) is 11.2. The van der Waals surface area contributed by atoms with E-state index in [4.69, 9.17) is 17.4 Å². The van der Waals surface area contributed by atoms with Crippen molar-refractivity contribution in [2.45, 2.75) is 13.0 Å². The summed E-state index contributed by atoms with van der Waals surface area (Å²) >= 11 is 5.90. The molecule has 0 bridgehead atoms. The highest BCUT2D eigenvalue weighted by Gasteiger charge is 2.30. The molecule has 1 aliphatic heterocycles. The summed E-state index contributed by atoms with van der Waals surface area (Å²) < 4.78 is 0. The lowest BCUT2D eigenvalue weighted by molar-refractivity contribution is -0.127. The molecule has 0 saturated carbocycles. The Balaban J connectivity index is 2.33. The lowest BCUT2D eigenvalue weighted by Gasteiger charge is -2.33. The van der Waals surface area contributed by atoms with Crippen molar-refractivity contribution < 1.29 is 9.59 Å². The van der Waals surface area contributed by atoms with Crippen molar-refractivity contribution in [3.8, 4) is 0 Å². The molecule has 1 atom stereocenters. The van der Waals surface area contributed by atoms with Crippen molar-refractivity contribution in [3.63, 3.8) is 0 Å². The van der Waals surface area contributed by atoms with Crippen LogP contribution in [0.1, 0.15) is 17.3 Å². The summed E-state index contributed by atoms with van der Waals surface area (Å²) in [6.07, 6.45) is 0. The topological polar surface area (TPSA) is 87.5 Å². The Hall–Kier alpha value is -1.79. The van der Waals surface area contributed by atoms with Crippen molar-refractivity contribution in [1.82, 2.24) is 10.2 Å². The highest BCUT2D eigenvalue weighted by molar-refractivity contribution is 6.31. The van der Waals surface area contributed by atoms with Crippen molar-refractivity contribution in [2.24, 2.45) is 5.84 Å². The molecule has 1 aliphatic rings. The van der Waals surface area contributed by atoms with Crippen LogP contribution < -0.4 is 16.6 Å². The third-order valence-corrected chi connectivity index (χ3v) is 3.36. The first-order valence-electron chi connectivity index (χ1n) is 5.89. The number of nitrogens with one attached hydrogen (secondary N) is 2. The fourth-order valence-corrected chi connectivity index (χ4v) is 2.21. The predicted octanol–water partition coefficient (Wildman–Crippen LogP) is 0.586. The second kappa shape index (κ2) is 5.46. The van der Waals surface area contributed by atoms with E-state index in [-0.39, 0.29) is 11.8 Å². The fraction of sp³-hybridized carbons (Fsp3) is 0.333. The molecule has 1 saturated heterocycles. The first-order valence-corrected chi connectivity index (χ1v) is 6.27. The third-order valence-electron chi connectivity index (χ3n) is 3.13. The Kier molecular flexibility index (Phi) is 3.92. The zero-order chi connectivity index (χ0) is 14.0. The van der Waals surface area contributed by atoms with Gasteiger partial charge in [0, 0.05) is 18.1 Å². The summed E-state index contributed by atoms with van der Waals surface area (Å²) in [5.41, 5.74) is 3.30. The minimum absolute atomic E-state index is 0.163. The van der Waals surface area contributed by atoms with E-state index in [2.05, 4.69) is 10.7 Å². The van der Waals surface area contributed by atoms with Crippen LogP contribution >= 0.6 is 11.6 Å². The maximum Gasteiger partial charge on any atom is 0.256 e. The van der Waals surface area contributed by atoms with Crippen LogP contribution in [0.15, 0.2) is 18.2 Å². The Morgan fingerprint density at radius 2 is 2.32 bits per heavy atom. The summed E-state index contributed by atoms with van der Waals surface area (Å²) in [6, 6.07) is 4.30. The first kappa shape index (κ1) is 13.6. The van der Waals surface area contributed by atoms with Gasteiger partial charge in [-0.25, -0.2) is 0 Å². The predicted molar refractivity (Wildman–Crippen MR) is 72.8 cm³/mol. The molecule has 4 N–H and O–H groups in total. The van der Waals surface area contributed by atoms with Crippen molar-refractivity contribution in [1.29, 1.82) is 0 Å². The lowest BCUT2D eigenvalue weighted by Crippen LogP contribution is -2.55. The molecular formula is C12H15ClN4O2. The number of amides is 2. The van der Waals surface area contributed by atoms with Crippen LogP contribution in [0.2, 0.25) is 5.02 Å². The summed E-state index contributed by atoms with van der Waals surface area (Å²) in [5, 5.41) is 3.15. The smallest absolute Gasteiger partial charge is 0.256 e. The van der Waals surface area contributed by atoms with Gasteiger partial charge in [0.25, 0.3) is 5.91 Å². The number of benzene rings is 1. The number of carbonyl (C=O) groups is 2. The van der Waals surface area contributed by atoms with Gasteiger partial charge in [-0.2, -0.15) is 0 Å². The van der Waals surface area contributed by atoms with Gasteiger partial charge in [0.05, 0.1) is 11.3 Å². The second-order valence-corrected chi connectivity index (χ2v) is 4.74. The van der Waals surface area contributed by atoms with Crippen molar-refractivity contribution in [2.75, 3.05) is 18.5 Å². The van der Waals surface area contributed by atoms with Crippen LogP contribution in [0.3, 0.4) is 0 Å². The van der Waals surface area contributed by atoms with Crippen LogP contribution in [0.25, 0.3) is 0 Å². The number of hydrogen-bond donors (Lipinski definition) is 3. The van der Waals surface area contributed by atoms with E-state index in [0.29, 0.717) is 29.4 Å². The number of anilines is 1. The van der Waals surface area contributed by atoms with Gasteiger partial charge in [-0.15, -0.1) is 0 Å². The summed E-state index contributed by atoms with van der Waals surface area (Å²) in [4.78, 5) is 25.6. The van der Waals surface area contributed by atoms with Crippen LogP contribution in [0.5, 0.6) is 0 Å². The minimum atomic E-state index is -0.508. The summed E-state index contributed by atoms with van der Waals surface area (Å²) in [6.45, 7) is 2.59. The second-order valence-electron chi connectivity index (χ2n) is 4.30. The molecular weight excluding hydrogens is 268 g/mol. The van der Waals surface area contributed by atoms with Crippen LogP contribution in [0.4, 0.5) is 5.69 Å². The van der Waals surface area contributed by atoms with Gasteiger partial charge in [-0.05, 0) is 25.1 Å². The molecule has 1 unspecified atom stereocenters. The van der Waals surface area contributed by atoms with Gasteiger partial charge in [0.2, 0.25) is 5.91 Å². The van der Waals surface area contributed by atoms with Gasteiger partial charge >= 0.3 is 0 Å². The highest BCUT2D eigenvalue weighted by atomic mass is 35.5. The number of nitrogens with two attached hydrogens (primary N) is 1. The fourth-order valence-electron chi connectivity index (χ4n) is 2.03. The number of nitrogens with zero attached hydrogens (tertiary/aromatic N) is 1. The number of halogens is 1. The number of nitrogen functional groups attached to an aromatic ring is 1. The van der Waals surface area contributed by atoms with E-state index >= 15 is 0 Å². The Labute approximate surface area is 115 Å². The Morgan fingerprint density at radius 3 is 3.00 bits per heavy atom. The molecule has 19 heavy (non-hydrogen) atoms. The van der Waals surface area contributed by atoms with Gasteiger partial charge in [-0.3, -0.25) is 15.4 Å². The molecule has 2 rings (SSSR count). The maximum atomic E-state index is 12.5. The Morgan fingerprint density at radius 1 is 1.58 bits per heavy atom. The van der Waals surface area contributed by atoms with Gasteiger partial charge in [-0.1, -0.05) is 11.6 Å². The molecule has 1 aromatic carbocycles. The highest BCUT2D eigenvalue weighted by Crippen LogP contribution is 2.22. The van der Waals surface area contributed by atoms with Crippen molar-refractivity contribution in [3.05, 3.63) is 28.8 Å². The van der Waals surface area contributed by atoms with Crippen LogP contribution in [-0.4, -0.2) is 35.8 Å². The quantitative estimate of drug-likeness (QED) is 0.547. The van der Waals surface area contributed by atoms with Gasteiger partial charge < -0.3 is 15.6 Å². The molecule has 7 heteroatoms. The molecule has 0 spiro atoms. The zero-order valence-electron chi connectivity index (χ0n) is 10.4. The average molecular weight is 283 g/mol. The molecule has 1 heterocycles. The number of carbonyl (C=O) groups excluding carboxylic acids is 2. The number of hydrogen-bond acceptors (Lipinski definition) is 4. The van der Waals surface area contributed by atoms with E-state index < -0.39 is 6.04 Å². The summed E-state index contributed by atoms with van der Waals surface area (Å²) in [5.74, 6) is 4.96. The SMILES string of the molecule is CC1C(=O)NCCN1C(=O)c1cc(Cl)ccc1NN. The minimum Gasteiger partial charge on any atom is -0.353 e. The lowest BCUT2D eigenvalue weighted by atomic mass is 10.1. The number of piperazine rings is 1. The van der Waals surface area contributed by atoms with Gasteiger partial charge in [0.1, 0.15) is 6.04 Å². The third kappa shape index (κ3) is 2.64. The standard InChI is InChI=1S/C12H15ClN4O2/c1-7-11(18)15-4-5-17(7)12(19)9-6-8(13)2-3-10(9)16-14/h2-3,6-7,16H,4-5,14H2,1H3,(H,15,18). The normalized spacial score (nSPS) is 19.0. The molecule has 0 aromatic heterocycles. The van der Waals surface area contributed by atoms with E-state index in [1.807, 2.05) is 0 Å². The maximum absolute atomic E-state index is 12.5. The van der Waals surface area contributed by atoms with E-state index in [0.717, 1.165) is 0 Å². The largest absolute Gasteiger partial charge is 0.353 e. The van der Waals surface area contributed by atoms with E-state index in [1.165, 1.54) is 11.0 Å². The molecule has 1 aromatic rings. The number of rotatable bonds is 2. The first-order chi connectivity index (χ1) is 9.04.